The summed E-state index contributed by atoms with van der Waals surface area (Å²) in [5.41, 5.74) is 2.48. The Balaban J connectivity index is 2.04. The van der Waals surface area contributed by atoms with E-state index in [0.29, 0.717) is 38.6 Å². The summed E-state index contributed by atoms with van der Waals surface area (Å²) in [6.45, 7) is 1.14. The first kappa shape index (κ1) is 19.8. The van der Waals surface area contributed by atoms with Crippen molar-refractivity contribution in [2.45, 2.75) is 13.5 Å². The highest BCUT2D eigenvalue weighted by atomic mass is 35.5. The molecule has 0 aliphatic rings. The van der Waals surface area contributed by atoms with Crippen molar-refractivity contribution in [1.82, 2.24) is 9.38 Å². The Morgan fingerprint density at radius 1 is 1.10 bits per heavy atom. The molecule has 5 nitrogen and oxygen atoms in total. The van der Waals surface area contributed by atoms with Crippen molar-refractivity contribution in [3.63, 3.8) is 0 Å². The smallest absolute Gasteiger partial charge is 0.303 e. The largest absolute Gasteiger partial charge is 0.459 e. The molecular formula is C23H16ClFN2O3. The fourth-order valence-electron chi connectivity index (χ4n) is 3.26. The number of esters is 1. The van der Waals surface area contributed by atoms with E-state index in [1.54, 1.807) is 42.5 Å². The number of carbonyl (C=O) groups excluding carboxylic acids is 1. The van der Waals surface area contributed by atoms with Crippen molar-refractivity contribution < 1.29 is 13.9 Å². The first-order chi connectivity index (χ1) is 14.4. The maximum Gasteiger partial charge on any atom is 0.303 e. The summed E-state index contributed by atoms with van der Waals surface area (Å²) in [6, 6.07) is 16.5. The highest BCUT2D eigenvalue weighted by molar-refractivity contribution is 6.30. The van der Waals surface area contributed by atoms with E-state index in [1.807, 2.05) is 6.07 Å². The van der Waals surface area contributed by atoms with E-state index in [4.69, 9.17) is 16.3 Å². The lowest BCUT2D eigenvalue weighted by Gasteiger charge is -2.14. The van der Waals surface area contributed by atoms with Gasteiger partial charge in [-0.25, -0.2) is 9.37 Å². The van der Waals surface area contributed by atoms with Crippen LogP contribution in [-0.4, -0.2) is 15.4 Å². The summed E-state index contributed by atoms with van der Waals surface area (Å²) in [5, 5.41) is 0.331. The molecule has 0 fully saturated rings. The molecule has 7 heteroatoms. The normalized spacial score (nSPS) is 10.9. The maximum atomic E-state index is 13.4. The summed E-state index contributed by atoms with van der Waals surface area (Å²) in [4.78, 5) is 29.5. The molecule has 4 aromatic rings. The Kier molecular flexibility index (Phi) is 5.33. The Morgan fingerprint density at radius 3 is 2.47 bits per heavy atom. The molecule has 150 valence electrons. The lowest BCUT2D eigenvalue weighted by atomic mass is 10.0. The number of aromatic nitrogens is 2. The molecule has 0 atom stereocenters. The third kappa shape index (κ3) is 3.82. The Labute approximate surface area is 176 Å². The van der Waals surface area contributed by atoms with Gasteiger partial charge in [-0.05, 0) is 29.3 Å². The third-order valence-corrected chi connectivity index (χ3v) is 4.80. The first-order valence-electron chi connectivity index (χ1n) is 9.13. The lowest BCUT2D eigenvalue weighted by Crippen LogP contribution is -2.21. The number of benzene rings is 2. The number of fused-ring (bicyclic) bond motifs is 1. The van der Waals surface area contributed by atoms with Gasteiger partial charge >= 0.3 is 5.97 Å². The van der Waals surface area contributed by atoms with Gasteiger partial charge in [-0.1, -0.05) is 54.1 Å². The molecule has 30 heavy (non-hydrogen) atoms. The summed E-state index contributed by atoms with van der Waals surface area (Å²) >= 11 is 6.29. The van der Waals surface area contributed by atoms with Crippen LogP contribution >= 0.6 is 11.6 Å². The summed E-state index contributed by atoms with van der Waals surface area (Å²) < 4.78 is 19.9. The Hall–Kier alpha value is -3.51. The van der Waals surface area contributed by atoms with Crippen LogP contribution in [0.4, 0.5) is 4.39 Å². The average molecular weight is 423 g/mol. The van der Waals surface area contributed by atoms with Crippen molar-refractivity contribution in [1.29, 1.82) is 0 Å². The van der Waals surface area contributed by atoms with Gasteiger partial charge in [0.1, 0.15) is 18.1 Å². The highest BCUT2D eigenvalue weighted by Crippen LogP contribution is 2.29. The average Bonchev–Trinajstić information content (AvgIpc) is 2.73. The molecule has 0 spiro atoms. The van der Waals surface area contributed by atoms with Gasteiger partial charge in [-0.15, -0.1) is 0 Å². The minimum Gasteiger partial charge on any atom is -0.459 e. The number of ether oxygens (including phenoxy) is 1. The van der Waals surface area contributed by atoms with E-state index in [1.165, 1.54) is 29.7 Å². The van der Waals surface area contributed by atoms with Gasteiger partial charge in [0, 0.05) is 18.7 Å². The fraction of sp³-hybridized carbons (Fsp3) is 0.0870. The molecule has 4 rings (SSSR count). The van der Waals surface area contributed by atoms with Crippen molar-refractivity contribution in [3.05, 3.63) is 93.7 Å². The van der Waals surface area contributed by atoms with Gasteiger partial charge in [-0.2, -0.15) is 0 Å². The minimum atomic E-state index is -0.481. The Morgan fingerprint density at radius 2 is 1.80 bits per heavy atom. The number of halogens is 2. The maximum absolute atomic E-state index is 13.4. The zero-order valence-electron chi connectivity index (χ0n) is 15.9. The van der Waals surface area contributed by atoms with E-state index in [2.05, 4.69) is 4.98 Å². The molecule has 2 aromatic heterocycles. The highest BCUT2D eigenvalue weighted by Gasteiger charge is 2.18. The van der Waals surface area contributed by atoms with Crippen LogP contribution in [0.1, 0.15) is 12.6 Å². The molecule has 0 unspecified atom stereocenters. The minimum absolute atomic E-state index is 0.156. The van der Waals surface area contributed by atoms with E-state index < -0.39 is 5.97 Å². The summed E-state index contributed by atoms with van der Waals surface area (Å²) in [7, 11) is 0. The van der Waals surface area contributed by atoms with Crippen LogP contribution in [0.15, 0.2) is 71.7 Å². The van der Waals surface area contributed by atoms with E-state index in [-0.39, 0.29) is 18.0 Å². The topological polar surface area (TPSA) is 60.7 Å². The van der Waals surface area contributed by atoms with E-state index in [0.717, 1.165) is 0 Å². The van der Waals surface area contributed by atoms with E-state index in [9.17, 15) is 14.0 Å². The second kappa shape index (κ2) is 8.08. The number of pyridine rings is 1. The second-order valence-corrected chi connectivity index (χ2v) is 7.09. The lowest BCUT2D eigenvalue weighted by molar-refractivity contribution is -0.142. The standard InChI is InChI=1S/C23H16ClFN2O3/c1-14(28)30-13-20-21(16-5-3-2-4-6-16)23(29)27-12-17(24)11-19(22(27)26-20)15-7-9-18(25)10-8-15/h2-12H,13H2,1H3. The molecular weight excluding hydrogens is 407 g/mol. The molecule has 0 aliphatic carbocycles. The van der Waals surface area contributed by atoms with Gasteiger partial charge in [0.15, 0.2) is 0 Å². The molecule has 0 N–H and O–H groups in total. The fourth-order valence-corrected chi connectivity index (χ4v) is 3.47. The SMILES string of the molecule is CC(=O)OCc1nc2c(-c3ccc(F)cc3)cc(Cl)cn2c(=O)c1-c1ccccc1. The molecule has 0 radical (unpaired) electrons. The molecule has 2 aromatic carbocycles. The molecule has 0 bridgehead atoms. The van der Waals surface area contributed by atoms with Crippen LogP contribution in [0.5, 0.6) is 0 Å². The predicted octanol–water partition coefficient (Wildman–Crippen LogP) is 4.88. The van der Waals surface area contributed by atoms with Crippen LogP contribution in [-0.2, 0) is 16.1 Å². The quantitative estimate of drug-likeness (QED) is 0.439. The zero-order valence-corrected chi connectivity index (χ0v) is 16.7. The predicted molar refractivity (Wildman–Crippen MR) is 113 cm³/mol. The molecule has 0 amide bonds. The van der Waals surface area contributed by atoms with Crippen molar-refractivity contribution in [3.8, 4) is 22.3 Å². The zero-order chi connectivity index (χ0) is 21.3. The van der Waals surface area contributed by atoms with Crippen LogP contribution in [0, 0.1) is 5.82 Å². The molecule has 0 aliphatic heterocycles. The Bertz CT molecular complexity index is 1300. The van der Waals surface area contributed by atoms with Crippen LogP contribution in [0.25, 0.3) is 27.9 Å². The van der Waals surface area contributed by atoms with Crippen molar-refractivity contribution in [2.75, 3.05) is 0 Å². The van der Waals surface area contributed by atoms with Gasteiger partial charge in [0.25, 0.3) is 5.56 Å². The summed E-state index contributed by atoms with van der Waals surface area (Å²) in [5.74, 6) is -0.858. The first-order valence-corrected chi connectivity index (χ1v) is 9.51. The molecule has 2 heterocycles. The van der Waals surface area contributed by atoms with Crippen LogP contribution in [0.3, 0.4) is 0 Å². The van der Waals surface area contributed by atoms with Crippen molar-refractivity contribution >= 4 is 23.2 Å². The summed E-state index contributed by atoms with van der Waals surface area (Å²) in [6.07, 6.45) is 1.49. The number of nitrogens with zero attached hydrogens (tertiary/aromatic N) is 2. The molecule has 0 saturated carbocycles. The number of carbonyl (C=O) groups is 1. The number of hydrogen-bond acceptors (Lipinski definition) is 4. The van der Waals surface area contributed by atoms with Gasteiger partial charge in [-0.3, -0.25) is 14.0 Å². The van der Waals surface area contributed by atoms with Crippen LogP contribution in [0.2, 0.25) is 5.02 Å². The second-order valence-electron chi connectivity index (χ2n) is 6.66. The van der Waals surface area contributed by atoms with Crippen LogP contribution < -0.4 is 5.56 Å². The monoisotopic (exact) mass is 422 g/mol. The number of rotatable bonds is 4. The third-order valence-electron chi connectivity index (χ3n) is 4.60. The van der Waals surface area contributed by atoms with Gasteiger partial charge < -0.3 is 4.74 Å². The van der Waals surface area contributed by atoms with Crippen molar-refractivity contribution in [2.24, 2.45) is 0 Å². The molecule has 0 saturated heterocycles. The van der Waals surface area contributed by atoms with E-state index >= 15 is 0 Å². The van der Waals surface area contributed by atoms with Gasteiger partial charge in [0.2, 0.25) is 0 Å². The van der Waals surface area contributed by atoms with Gasteiger partial charge in [0.05, 0.1) is 16.3 Å². The number of hydrogen-bond donors (Lipinski definition) is 0.